The Kier molecular flexibility index (Phi) is 16.1. The summed E-state index contributed by atoms with van der Waals surface area (Å²) in [4.78, 5) is 86.8. The number of aliphatic hydroxyl groups excluding tert-OH is 1. The number of carbonyl (C=O) groups excluding carboxylic acids is 6. The first-order chi connectivity index (χ1) is 30.8. The number of amides is 5. The second-order valence-corrected chi connectivity index (χ2v) is 16.5. The highest BCUT2D eigenvalue weighted by Crippen LogP contribution is 2.22. The average Bonchev–Trinajstić information content (AvgIpc) is 3.77. The van der Waals surface area contributed by atoms with Gasteiger partial charge in [0.15, 0.2) is 0 Å². The van der Waals surface area contributed by atoms with E-state index in [1.807, 2.05) is 104 Å². The Morgan fingerprint density at radius 3 is 2.19 bits per heavy atom. The summed E-state index contributed by atoms with van der Waals surface area (Å²) in [5.74, 6) is -4.11. The number of aromatic nitrogens is 1. The second kappa shape index (κ2) is 22.1. The van der Waals surface area contributed by atoms with Crippen LogP contribution < -0.4 is 27.0 Å². The standard InChI is InChI=1S/C49H57N7O8/c1-4-30(2)44(48(62)54-40(49(63)64-3)27-32-20-21-33-15-8-9-17-35(33)25-32)55-47(61)41-19-12-24-56(41)29-42(57)38(26-31-13-6-5-7-14-31)52-46(60)39(28-43(50)58)53-45(59)37-23-22-34-16-10-11-18-36(34)51-37/h5-11,13-18,20-23,25,30,38-42,44,57H,4,12,19,24,26-29H2,1-3H3,(H2,50,58)(H,52,60)(H,53,59)(H,54,62)(H,55,61)/t30?,38-,39-,40-,41-,42?,44-/m0/s1. The monoisotopic (exact) mass is 871 g/mol. The van der Waals surface area contributed by atoms with Gasteiger partial charge in [-0.15, -0.1) is 0 Å². The first kappa shape index (κ1) is 46.8. The van der Waals surface area contributed by atoms with Gasteiger partial charge in [-0.05, 0) is 65.8 Å². The number of aliphatic hydroxyl groups is 1. The lowest BCUT2D eigenvalue weighted by molar-refractivity contribution is -0.145. The normalized spacial score (nSPS) is 16.7. The molecular weight excluding hydrogens is 815 g/mol. The molecule has 2 heterocycles. The summed E-state index contributed by atoms with van der Waals surface area (Å²) in [5, 5.41) is 26.0. The number of hydrogen-bond donors (Lipinski definition) is 6. The Morgan fingerprint density at radius 1 is 0.781 bits per heavy atom. The summed E-state index contributed by atoms with van der Waals surface area (Å²) in [5.41, 5.74) is 7.77. The minimum absolute atomic E-state index is 0.0277. The molecule has 1 aromatic heterocycles. The lowest BCUT2D eigenvalue weighted by Crippen LogP contribution is -2.59. The van der Waals surface area contributed by atoms with Gasteiger partial charge in [-0.1, -0.05) is 117 Å². The Hall–Kier alpha value is -6.71. The van der Waals surface area contributed by atoms with Gasteiger partial charge in [-0.3, -0.25) is 28.9 Å². The third-order valence-corrected chi connectivity index (χ3v) is 11.9. The molecule has 1 fully saturated rings. The minimum atomic E-state index is -1.39. The molecule has 0 saturated carbocycles. The maximum atomic E-state index is 14.1. The van der Waals surface area contributed by atoms with Crippen LogP contribution in [0.25, 0.3) is 21.7 Å². The van der Waals surface area contributed by atoms with Gasteiger partial charge in [-0.25, -0.2) is 9.78 Å². The molecule has 0 spiro atoms. The zero-order valence-electron chi connectivity index (χ0n) is 36.4. The number of nitrogens with one attached hydrogen (secondary N) is 4. The molecule has 336 valence electrons. The van der Waals surface area contributed by atoms with Crippen molar-refractivity contribution in [2.45, 2.75) is 88.7 Å². The molecule has 0 radical (unpaired) electrons. The van der Waals surface area contributed by atoms with Crippen LogP contribution in [0.5, 0.6) is 0 Å². The third-order valence-electron chi connectivity index (χ3n) is 11.9. The zero-order chi connectivity index (χ0) is 45.8. The first-order valence-corrected chi connectivity index (χ1v) is 21.7. The topological polar surface area (TPSA) is 222 Å². The van der Waals surface area contributed by atoms with Crippen molar-refractivity contribution in [2.75, 3.05) is 20.2 Å². The summed E-state index contributed by atoms with van der Waals surface area (Å²) in [6.45, 7) is 4.18. The van der Waals surface area contributed by atoms with E-state index in [-0.39, 0.29) is 31.0 Å². The highest BCUT2D eigenvalue weighted by molar-refractivity contribution is 5.99. The summed E-state index contributed by atoms with van der Waals surface area (Å²) in [7, 11) is 1.26. The predicted octanol–water partition coefficient (Wildman–Crippen LogP) is 3.35. The highest BCUT2D eigenvalue weighted by Gasteiger charge is 2.38. The fraction of sp³-hybridized carbons (Fsp3) is 0.367. The molecule has 5 aromatic rings. The van der Waals surface area contributed by atoms with Crippen LogP contribution in [-0.4, -0.2) is 107 Å². The van der Waals surface area contributed by atoms with E-state index in [1.165, 1.54) is 13.2 Å². The summed E-state index contributed by atoms with van der Waals surface area (Å²) in [6.07, 6.45) is 0.250. The molecule has 6 rings (SSSR count). The van der Waals surface area contributed by atoms with Crippen molar-refractivity contribution < 1.29 is 38.6 Å². The third kappa shape index (κ3) is 12.3. The maximum Gasteiger partial charge on any atom is 0.328 e. The van der Waals surface area contributed by atoms with Gasteiger partial charge in [0, 0.05) is 18.4 Å². The van der Waals surface area contributed by atoms with E-state index in [9.17, 15) is 33.9 Å². The van der Waals surface area contributed by atoms with Crippen LogP contribution in [-0.2, 0) is 41.6 Å². The number of likely N-dealkylation sites (tertiary alicyclic amines) is 1. The molecule has 0 bridgehead atoms. The molecule has 15 heteroatoms. The number of benzene rings is 4. The molecule has 15 nitrogen and oxygen atoms in total. The van der Waals surface area contributed by atoms with Crippen LogP contribution in [0.15, 0.2) is 109 Å². The number of para-hydroxylation sites is 1. The smallest absolute Gasteiger partial charge is 0.328 e. The van der Waals surface area contributed by atoms with Crippen molar-refractivity contribution in [3.05, 3.63) is 126 Å². The van der Waals surface area contributed by atoms with Crippen molar-refractivity contribution in [2.24, 2.45) is 11.7 Å². The van der Waals surface area contributed by atoms with Crippen LogP contribution in [0, 0.1) is 5.92 Å². The van der Waals surface area contributed by atoms with Crippen LogP contribution in [0.2, 0.25) is 0 Å². The number of methoxy groups -OCH3 is 1. The fourth-order valence-electron chi connectivity index (χ4n) is 8.13. The van der Waals surface area contributed by atoms with Crippen LogP contribution in [0.4, 0.5) is 0 Å². The molecule has 1 aliphatic rings. The number of pyridine rings is 1. The van der Waals surface area contributed by atoms with Gasteiger partial charge < -0.3 is 36.8 Å². The van der Waals surface area contributed by atoms with Crippen molar-refractivity contribution in [3.63, 3.8) is 0 Å². The molecule has 1 aliphatic heterocycles. The van der Waals surface area contributed by atoms with E-state index in [1.54, 1.807) is 18.2 Å². The Balaban J connectivity index is 1.14. The number of hydrogen-bond acceptors (Lipinski definition) is 10. The van der Waals surface area contributed by atoms with Gasteiger partial charge in [0.1, 0.15) is 23.8 Å². The van der Waals surface area contributed by atoms with E-state index in [0.29, 0.717) is 31.3 Å². The SMILES string of the molecule is CCC(C)[C@H](NC(=O)[C@@H]1CCCN1CC(O)[C@H](Cc1ccccc1)NC(=O)[C@H](CC(N)=O)NC(=O)c1ccc2ccccc2n1)C(=O)N[C@@H](Cc1ccc2ccccc2c1)C(=O)OC. The Labute approximate surface area is 372 Å². The van der Waals surface area contributed by atoms with E-state index in [0.717, 1.165) is 27.3 Å². The van der Waals surface area contributed by atoms with E-state index < -0.39 is 78.2 Å². The molecule has 2 unspecified atom stereocenters. The second-order valence-electron chi connectivity index (χ2n) is 16.5. The maximum absolute atomic E-state index is 14.1. The number of nitrogens with zero attached hydrogens (tertiary/aromatic N) is 2. The van der Waals surface area contributed by atoms with E-state index in [2.05, 4.69) is 26.3 Å². The molecule has 7 N–H and O–H groups in total. The number of esters is 1. The summed E-state index contributed by atoms with van der Waals surface area (Å²) in [6, 6.07) is 28.3. The molecular formula is C49H57N7O8. The van der Waals surface area contributed by atoms with Crippen molar-refractivity contribution >= 4 is 57.2 Å². The summed E-state index contributed by atoms with van der Waals surface area (Å²) < 4.78 is 5.07. The lowest BCUT2D eigenvalue weighted by atomic mass is 9.96. The number of carbonyl (C=O) groups is 6. The number of nitrogens with two attached hydrogens (primary N) is 1. The predicted molar refractivity (Wildman–Crippen MR) is 242 cm³/mol. The number of ether oxygens (including phenoxy) is 1. The average molecular weight is 872 g/mol. The van der Waals surface area contributed by atoms with Gasteiger partial charge in [0.25, 0.3) is 5.91 Å². The quantitative estimate of drug-likeness (QED) is 0.0627. The highest BCUT2D eigenvalue weighted by atomic mass is 16.5. The van der Waals surface area contributed by atoms with Gasteiger partial charge in [-0.2, -0.15) is 0 Å². The van der Waals surface area contributed by atoms with Gasteiger partial charge >= 0.3 is 5.97 Å². The number of fused-ring (bicyclic) bond motifs is 2. The van der Waals surface area contributed by atoms with Crippen LogP contribution in [0.3, 0.4) is 0 Å². The van der Waals surface area contributed by atoms with E-state index in [4.69, 9.17) is 10.5 Å². The molecule has 4 aromatic carbocycles. The Bertz CT molecular complexity index is 2450. The largest absolute Gasteiger partial charge is 0.467 e. The van der Waals surface area contributed by atoms with Crippen molar-refractivity contribution in [1.29, 1.82) is 0 Å². The minimum Gasteiger partial charge on any atom is -0.467 e. The van der Waals surface area contributed by atoms with Crippen LogP contribution >= 0.6 is 0 Å². The Morgan fingerprint density at radius 2 is 1.47 bits per heavy atom. The van der Waals surface area contributed by atoms with Crippen LogP contribution in [0.1, 0.15) is 61.1 Å². The van der Waals surface area contributed by atoms with E-state index >= 15 is 0 Å². The first-order valence-electron chi connectivity index (χ1n) is 21.7. The summed E-state index contributed by atoms with van der Waals surface area (Å²) >= 11 is 0. The molecule has 5 amide bonds. The van der Waals surface area contributed by atoms with Crippen molar-refractivity contribution in [3.8, 4) is 0 Å². The number of primary amides is 1. The molecule has 7 atom stereocenters. The number of rotatable bonds is 20. The number of β-amino-alcohol motifs (C(OH)–C–C–N with tert-alkyl or cyclic N) is 1. The van der Waals surface area contributed by atoms with Gasteiger partial charge in [0.05, 0.1) is 37.2 Å². The fourth-order valence-corrected chi connectivity index (χ4v) is 8.13. The zero-order valence-corrected chi connectivity index (χ0v) is 36.4. The van der Waals surface area contributed by atoms with Gasteiger partial charge in [0.2, 0.25) is 23.6 Å². The van der Waals surface area contributed by atoms with Crippen molar-refractivity contribution in [1.82, 2.24) is 31.2 Å². The lowest BCUT2D eigenvalue weighted by Gasteiger charge is -2.33. The molecule has 64 heavy (non-hydrogen) atoms. The molecule has 1 saturated heterocycles. The molecule has 0 aliphatic carbocycles.